The lowest BCUT2D eigenvalue weighted by Crippen LogP contribution is -2.44. The van der Waals surface area contributed by atoms with Gasteiger partial charge in [-0.15, -0.1) is 24.0 Å². The second-order valence-electron chi connectivity index (χ2n) is 8.17. The van der Waals surface area contributed by atoms with Crippen LogP contribution < -0.4 is 10.6 Å². The summed E-state index contributed by atoms with van der Waals surface area (Å²) in [6, 6.07) is 16.0. The van der Waals surface area contributed by atoms with Crippen molar-refractivity contribution in [2.45, 2.75) is 37.6 Å². The average molecular weight is 555 g/mol. The van der Waals surface area contributed by atoms with Crippen LogP contribution in [0, 0.1) is 0 Å². The Morgan fingerprint density at radius 1 is 1.03 bits per heavy atom. The van der Waals surface area contributed by atoms with Crippen molar-refractivity contribution in [2.24, 2.45) is 4.99 Å². The lowest BCUT2D eigenvalue weighted by atomic mass is 9.79. The van der Waals surface area contributed by atoms with Gasteiger partial charge in [0.25, 0.3) is 5.91 Å². The van der Waals surface area contributed by atoms with Gasteiger partial charge in [0.1, 0.15) is 0 Å². The Hall–Kier alpha value is -1.80. The molecule has 0 saturated heterocycles. The van der Waals surface area contributed by atoms with Crippen LogP contribution in [0.3, 0.4) is 0 Å². The van der Waals surface area contributed by atoms with Gasteiger partial charge in [-0.1, -0.05) is 48.7 Å². The normalized spacial score (nSPS) is 15.2. The summed E-state index contributed by atoms with van der Waals surface area (Å²) in [5, 5.41) is 7.68. The van der Waals surface area contributed by atoms with Crippen molar-refractivity contribution in [1.82, 2.24) is 15.5 Å². The Bertz CT molecular complexity index is 875. The molecule has 2 aromatic rings. The Morgan fingerprint density at radius 3 is 2.19 bits per heavy atom. The maximum absolute atomic E-state index is 12.0. The number of amides is 1. The van der Waals surface area contributed by atoms with Gasteiger partial charge in [0, 0.05) is 50.2 Å². The molecule has 0 aliphatic heterocycles. The van der Waals surface area contributed by atoms with E-state index >= 15 is 0 Å². The number of rotatable bonds is 6. The Kier molecular flexibility index (Phi) is 9.62. The third-order valence-corrected chi connectivity index (χ3v) is 6.15. The molecule has 168 valence electrons. The lowest BCUT2D eigenvalue weighted by molar-refractivity contribution is 0.0827. The highest BCUT2D eigenvalue weighted by atomic mass is 127. The molecule has 2 aromatic carbocycles. The fourth-order valence-electron chi connectivity index (χ4n) is 4.11. The number of hydrogen-bond donors (Lipinski definition) is 2. The predicted molar refractivity (Wildman–Crippen MR) is 140 cm³/mol. The van der Waals surface area contributed by atoms with Crippen LogP contribution in [-0.4, -0.2) is 44.5 Å². The molecule has 1 saturated carbocycles. The first-order valence-corrected chi connectivity index (χ1v) is 10.8. The van der Waals surface area contributed by atoms with E-state index in [0.29, 0.717) is 12.1 Å². The predicted octanol–water partition coefficient (Wildman–Crippen LogP) is 4.84. The van der Waals surface area contributed by atoms with E-state index in [0.717, 1.165) is 23.1 Å². The first-order chi connectivity index (χ1) is 14.4. The third kappa shape index (κ3) is 6.59. The summed E-state index contributed by atoms with van der Waals surface area (Å²) in [4.78, 5) is 18.0. The minimum Gasteiger partial charge on any atom is -0.356 e. The fraction of sp³-hybridized carbons (Fsp3) is 0.417. The number of aliphatic imine (C=N–C) groups is 1. The zero-order valence-corrected chi connectivity index (χ0v) is 21.5. The van der Waals surface area contributed by atoms with E-state index in [9.17, 15) is 4.79 Å². The molecule has 0 unspecified atom stereocenters. The molecule has 31 heavy (non-hydrogen) atoms. The summed E-state index contributed by atoms with van der Waals surface area (Å²) < 4.78 is 0. The number of halogens is 2. The highest BCUT2D eigenvalue weighted by molar-refractivity contribution is 14.0. The first kappa shape index (κ1) is 25.5. The van der Waals surface area contributed by atoms with E-state index in [1.807, 2.05) is 36.4 Å². The van der Waals surface area contributed by atoms with Crippen molar-refractivity contribution in [3.05, 3.63) is 70.2 Å². The molecule has 1 aliphatic rings. The van der Waals surface area contributed by atoms with Gasteiger partial charge in [-0.05, 0) is 48.2 Å². The highest BCUT2D eigenvalue weighted by Crippen LogP contribution is 2.40. The summed E-state index contributed by atoms with van der Waals surface area (Å²) in [5.74, 6) is 0.791. The van der Waals surface area contributed by atoms with Gasteiger partial charge in [-0.25, -0.2) is 0 Å². The van der Waals surface area contributed by atoms with Crippen LogP contribution in [0.25, 0.3) is 0 Å². The maximum Gasteiger partial charge on any atom is 0.253 e. The lowest BCUT2D eigenvalue weighted by Gasteiger charge is -2.31. The summed E-state index contributed by atoms with van der Waals surface area (Å²) in [5.41, 5.74) is 3.25. The van der Waals surface area contributed by atoms with Crippen molar-refractivity contribution in [3.8, 4) is 0 Å². The molecule has 0 heterocycles. The molecule has 2 N–H and O–H groups in total. The van der Waals surface area contributed by atoms with E-state index in [-0.39, 0.29) is 35.3 Å². The molecule has 7 heteroatoms. The van der Waals surface area contributed by atoms with Crippen LogP contribution in [0.2, 0.25) is 5.02 Å². The molecule has 1 aliphatic carbocycles. The Labute approximate surface area is 207 Å². The standard InChI is InChI=1S/C24H31ClN4O.HI/c1-26-23(27-16-18-6-8-19(9-7-18)22(30)29(2)3)28-17-24(14-4-5-15-24)20-10-12-21(25)13-11-20;/h6-13H,4-5,14-17H2,1-3H3,(H2,26,27,28);1H. The third-order valence-electron chi connectivity index (χ3n) is 5.90. The number of nitrogens with zero attached hydrogens (tertiary/aromatic N) is 2. The van der Waals surface area contributed by atoms with Crippen molar-refractivity contribution in [3.63, 3.8) is 0 Å². The number of benzene rings is 2. The molecule has 0 bridgehead atoms. The van der Waals surface area contributed by atoms with E-state index in [1.165, 1.54) is 31.2 Å². The largest absolute Gasteiger partial charge is 0.356 e. The van der Waals surface area contributed by atoms with Gasteiger partial charge < -0.3 is 15.5 Å². The maximum atomic E-state index is 12.0. The van der Waals surface area contributed by atoms with Crippen LogP contribution in [0.4, 0.5) is 0 Å². The minimum absolute atomic E-state index is 0. The van der Waals surface area contributed by atoms with Gasteiger partial charge in [0.05, 0.1) is 0 Å². The van der Waals surface area contributed by atoms with Crippen LogP contribution in [0.1, 0.15) is 47.2 Å². The van der Waals surface area contributed by atoms with E-state index in [2.05, 4.69) is 27.8 Å². The molecule has 1 amide bonds. The monoisotopic (exact) mass is 554 g/mol. The number of carbonyl (C=O) groups is 1. The van der Waals surface area contributed by atoms with Crippen molar-refractivity contribution < 1.29 is 4.79 Å². The molecule has 1 fully saturated rings. The zero-order chi connectivity index (χ0) is 21.6. The Balaban J connectivity index is 0.00000341. The summed E-state index contributed by atoms with van der Waals surface area (Å²) in [6.07, 6.45) is 4.82. The molecule has 0 spiro atoms. The quantitative estimate of drug-likeness (QED) is 0.305. The molecule has 3 rings (SSSR count). The van der Waals surface area contributed by atoms with Crippen LogP contribution in [0.15, 0.2) is 53.5 Å². The Morgan fingerprint density at radius 2 is 1.65 bits per heavy atom. The minimum atomic E-state index is 0. The topological polar surface area (TPSA) is 56.7 Å². The molecular weight excluding hydrogens is 523 g/mol. The van der Waals surface area contributed by atoms with Gasteiger partial charge in [0.15, 0.2) is 5.96 Å². The molecule has 0 radical (unpaired) electrons. The van der Waals surface area contributed by atoms with Crippen molar-refractivity contribution >= 4 is 47.4 Å². The summed E-state index contributed by atoms with van der Waals surface area (Å²) in [7, 11) is 5.31. The zero-order valence-electron chi connectivity index (χ0n) is 18.5. The number of guanidine groups is 1. The van der Waals surface area contributed by atoms with Crippen LogP contribution >= 0.6 is 35.6 Å². The van der Waals surface area contributed by atoms with E-state index in [4.69, 9.17) is 11.6 Å². The SMILES string of the molecule is CN=C(NCc1ccc(C(=O)N(C)C)cc1)NCC1(c2ccc(Cl)cc2)CCCC1.I. The smallest absolute Gasteiger partial charge is 0.253 e. The molecule has 0 atom stereocenters. The number of carbonyl (C=O) groups excluding carboxylic acids is 1. The first-order valence-electron chi connectivity index (χ1n) is 10.4. The van der Waals surface area contributed by atoms with Gasteiger partial charge in [-0.2, -0.15) is 0 Å². The van der Waals surface area contributed by atoms with E-state index in [1.54, 1.807) is 26.0 Å². The van der Waals surface area contributed by atoms with Crippen molar-refractivity contribution in [1.29, 1.82) is 0 Å². The summed E-state index contributed by atoms with van der Waals surface area (Å²) in [6.45, 7) is 1.48. The number of nitrogens with one attached hydrogen (secondary N) is 2. The summed E-state index contributed by atoms with van der Waals surface area (Å²) >= 11 is 6.09. The van der Waals surface area contributed by atoms with Crippen LogP contribution in [0.5, 0.6) is 0 Å². The number of hydrogen-bond acceptors (Lipinski definition) is 2. The second kappa shape index (κ2) is 11.7. The second-order valence-corrected chi connectivity index (χ2v) is 8.61. The van der Waals surface area contributed by atoms with Gasteiger partial charge in [-0.3, -0.25) is 9.79 Å². The van der Waals surface area contributed by atoms with Crippen molar-refractivity contribution in [2.75, 3.05) is 27.7 Å². The highest BCUT2D eigenvalue weighted by Gasteiger charge is 2.35. The van der Waals surface area contributed by atoms with E-state index < -0.39 is 0 Å². The fourth-order valence-corrected chi connectivity index (χ4v) is 4.23. The molecule has 0 aromatic heterocycles. The van der Waals surface area contributed by atoms with Gasteiger partial charge >= 0.3 is 0 Å². The molecule has 5 nitrogen and oxygen atoms in total. The van der Waals surface area contributed by atoms with Crippen LogP contribution in [-0.2, 0) is 12.0 Å². The van der Waals surface area contributed by atoms with Gasteiger partial charge in [0.2, 0.25) is 0 Å². The average Bonchev–Trinajstić information content (AvgIpc) is 3.24. The molecular formula is C24H32ClIN4O.